The molecule has 7 nitrogen and oxygen atoms in total. The largest absolute Gasteiger partial charge is 0.465 e. The summed E-state index contributed by atoms with van der Waals surface area (Å²) in [6.07, 6.45) is 0. The van der Waals surface area contributed by atoms with Crippen LogP contribution in [0.3, 0.4) is 0 Å². The zero-order valence-corrected chi connectivity index (χ0v) is 10.5. The van der Waals surface area contributed by atoms with Crippen molar-refractivity contribution >= 4 is 11.7 Å². The number of carbonyl (C=O) groups is 1. The van der Waals surface area contributed by atoms with Crippen molar-refractivity contribution in [3.63, 3.8) is 0 Å². The Morgan fingerprint density at radius 2 is 2.11 bits per heavy atom. The standard InChI is InChI=1S/C12H13NO6/c1-7(5-17-8(2)14)9-3-11-12(19-6-18-11)4-10(9)13(15)16/h3-4,7H,5-6H2,1-2H3. The molecule has 1 unspecified atom stereocenters. The van der Waals surface area contributed by atoms with Crippen molar-refractivity contribution in [3.8, 4) is 11.5 Å². The number of fused-ring (bicyclic) bond motifs is 1. The molecule has 0 aromatic heterocycles. The van der Waals surface area contributed by atoms with Gasteiger partial charge in [0.1, 0.15) is 0 Å². The van der Waals surface area contributed by atoms with E-state index in [0.717, 1.165) is 0 Å². The molecule has 0 amide bonds. The second-order valence-corrected chi connectivity index (χ2v) is 4.23. The topological polar surface area (TPSA) is 87.9 Å². The van der Waals surface area contributed by atoms with E-state index in [1.165, 1.54) is 13.0 Å². The Hall–Kier alpha value is -2.31. The number of carbonyl (C=O) groups excluding carboxylic acids is 1. The summed E-state index contributed by atoms with van der Waals surface area (Å²) in [5.41, 5.74) is 0.388. The molecule has 2 rings (SSSR count). The lowest BCUT2D eigenvalue weighted by Gasteiger charge is -2.12. The minimum absolute atomic E-state index is 0.0499. The van der Waals surface area contributed by atoms with Crippen molar-refractivity contribution in [2.75, 3.05) is 13.4 Å². The number of nitro benzene ring substituents is 1. The van der Waals surface area contributed by atoms with Crippen molar-refractivity contribution in [2.45, 2.75) is 19.8 Å². The molecule has 19 heavy (non-hydrogen) atoms. The van der Waals surface area contributed by atoms with Crippen molar-refractivity contribution in [1.82, 2.24) is 0 Å². The van der Waals surface area contributed by atoms with Crippen LogP contribution in [-0.2, 0) is 9.53 Å². The molecule has 0 saturated heterocycles. The SMILES string of the molecule is CC(=O)OCC(C)c1cc2c(cc1[N+](=O)[O-])OCO2. The first-order chi connectivity index (χ1) is 8.99. The Bertz CT molecular complexity index is 527. The molecule has 1 heterocycles. The lowest BCUT2D eigenvalue weighted by molar-refractivity contribution is -0.385. The van der Waals surface area contributed by atoms with Crippen molar-refractivity contribution < 1.29 is 23.9 Å². The first-order valence-corrected chi connectivity index (χ1v) is 5.70. The second-order valence-electron chi connectivity index (χ2n) is 4.23. The van der Waals surface area contributed by atoms with Crippen LogP contribution in [0, 0.1) is 10.1 Å². The van der Waals surface area contributed by atoms with E-state index in [2.05, 4.69) is 0 Å². The molecular formula is C12H13NO6. The number of hydrogen-bond donors (Lipinski definition) is 0. The molecule has 0 bridgehead atoms. The number of hydrogen-bond acceptors (Lipinski definition) is 6. The maximum absolute atomic E-state index is 11.1. The van der Waals surface area contributed by atoms with Crippen LogP contribution < -0.4 is 9.47 Å². The van der Waals surface area contributed by atoms with Crippen LogP contribution in [0.2, 0.25) is 0 Å². The van der Waals surface area contributed by atoms with E-state index in [4.69, 9.17) is 14.2 Å². The normalized spacial score (nSPS) is 14.0. The Labute approximate surface area is 109 Å². The maximum atomic E-state index is 11.1. The van der Waals surface area contributed by atoms with Crippen molar-refractivity contribution in [2.24, 2.45) is 0 Å². The molecule has 1 aliphatic heterocycles. The summed E-state index contributed by atoms with van der Waals surface area (Å²) in [6, 6.07) is 2.90. The highest BCUT2D eigenvalue weighted by Gasteiger charge is 2.26. The van der Waals surface area contributed by atoms with Crippen LogP contribution in [0.1, 0.15) is 25.3 Å². The second kappa shape index (κ2) is 5.13. The Kier molecular flexibility index (Phi) is 3.55. The van der Waals surface area contributed by atoms with Crippen molar-refractivity contribution in [3.05, 3.63) is 27.8 Å². The van der Waals surface area contributed by atoms with Crippen molar-refractivity contribution in [1.29, 1.82) is 0 Å². The van der Waals surface area contributed by atoms with E-state index in [0.29, 0.717) is 17.1 Å². The Morgan fingerprint density at radius 3 is 2.68 bits per heavy atom. The van der Waals surface area contributed by atoms with E-state index in [-0.39, 0.29) is 25.0 Å². The molecule has 1 aliphatic rings. The van der Waals surface area contributed by atoms with Crippen LogP contribution in [-0.4, -0.2) is 24.3 Å². The summed E-state index contributed by atoms with van der Waals surface area (Å²) in [5, 5.41) is 11.1. The molecular weight excluding hydrogens is 254 g/mol. The lowest BCUT2D eigenvalue weighted by Crippen LogP contribution is -2.09. The van der Waals surface area contributed by atoms with Gasteiger partial charge in [-0.1, -0.05) is 6.92 Å². The Balaban J connectivity index is 2.32. The highest BCUT2D eigenvalue weighted by molar-refractivity contribution is 5.66. The third-order valence-corrected chi connectivity index (χ3v) is 2.79. The van der Waals surface area contributed by atoms with Gasteiger partial charge in [-0.25, -0.2) is 0 Å². The minimum atomic E-state index is -0.485. The van der Waals surface area contributed by atoms with Gasteiger partial charge in [-0.2, -0.15) is 0 Å². The van der Waals surface area contributed by atoms with Gasteiger partial charge in [0, 0.05) is 18.4 Å². The van der Waals surface area contributed by atoms with E-state index >= 15 is 0 Å². The van der Waals surface area contributed by atoms with Gasteiger partial charge in [-0.05, 0) is 6.07 Å². The fourth-order valence-electron chi connectivity index (χ4n) is 1.83. The number of benzene rings is 1. The van der Waals surface area contributed by atoms with Gasteiger partial charge in [0.15, 0.2) is 11.5 Å². The summed E-state index contributed by atoms with van der Waals surface area (Å²) < 4.78 is 15.2. The predicted octanol–water partition coefficient (Wildman–Crippen LogP) is 1.99. The molecule has 0 fully saturated rings. The van der Waals surface area contributed by atoms with Gasteiger partial charge < -0.3 is 14.2 Å². The molecule has 1 aromatic rings. The van der Waals surface area contributed by atoms with Gasteiger partial charge in [0.25, 0.3) is 5.69 Å². The average molecular weight is 267 g/mol. The number of ether oxygens (including phenoxy) is 3. The van der Waals surface area contributed by atoms with E-state index < -0.39 is 10.9 Å². The fourth-order valence-corrected chi connectivity index (χ4v) is 1.83. The third-order valence-electron chi connectivity index (χ3n) is 2.79. The highest BCUT2D eigenvalue weighted by Crippen LogP contribution is 2.40. The molecule has 0 N–H and O–H groups in total. The van der Waals surface area contributed by atoms with Crippen LogP contribution in [0.4, 0.5) is 5.69 Å². The zero-order valence-electron chi connectivity index (χ0n) is 10.5. The quantitative estimate of drug-likeness (QED) is 0.471. The fraction of sp³-hybridized carbons (Fsp3) is 0.417. The molecule has 0 aliphatic carbocycles. The van der Waals surface area contributed by atoms with E-state index in [1.807, 2.05) is 0 Å². The molecule has 0 radical (unpaired) electrons. The number of esters is 1. The Morgan fingerprint density at radius 1 is 1.47 bits per heavy atom. The first kappa shape index (κ1) is 13.1. The number of nitrogens with zero attached hydrogens (tertiary/aromatic N) is 1. The maximum Gasteiger partial charge on any atom is 0.302 e. The third kappa shape index (κ3) is 2.75. The minimum Gasteiger partial charge on any atom is -0.465 e. The number of nitro groups is 1. The van der Waals surface area contributed by atoms with Crippen LogP contribution >= 0.6 is 0 Å². The van der Waals surface area contributed by atoms with Gasteiger partial charge >= 0.3 is 5.97 Å². The summed E-state index contributed by atoms with van der Waals surface area (Å²) in [7, 11) is 0. The summed E-state index contributed by atoms with van der Waals surface area (Å²) in [6.45, 7) is 3.17. The summed E-state index contributed by atoms with van der Waals surface area (Å²) in [4.78, 5) is 21.4. The predicted molar refractivity (Wildman–Crippen MR) is 64.3 cm³/mol. The van der Waals surface area contributed by atoms with E-state index in [1.54, 1.807) is 13.0 Å². The monoisotopic (exact) mass is 267 g/mol. The lowest BCUT2D eigenvalue weighted by atomic mass is 9.99. The first-order valence-electron chi connectivity index (χ1n) is 5.70. The molecule has 102 valence electrons. The van der Waals surface area contributed by atoms with Gasteiger partial charge in [-0.15, -0.1) is 0 Å². The molecule has 0 saturated carbocycles. The van der Waals surface area contributed by atoms with Gasteiger partial charge in [0.2, 0.25) is 6.79 Å². The zero-order chi connectivity index (χ0) is 14.0. The van der Waals surface area contributed by atoms with E-state index in [9.17, 15) is 14.9 Å². The smallest absolute Gasteiger partial charge is 0.302 e. The average Bonchev–Trinajstić information content (AvgIpc) is 2.81. The highest BCUT2D eigenvalue weighted by atomic mass is 16.7. The number of rotatable bonds is 4. The van der Waals surface area contributed by atoms with Crippen LogP contribution in [0.15, 0.2) is 12.1 Å². The summed E-state index contributed by atoms with van der Waals surface area (Å²) in [5.74, 6) is 0.0967. The summed E-state index contributed by atoms with van der Waals surface area (Å²) >= 11 is 0. The molecule has 0 spiro atoms. The van der Waals surface area contributed by atoms with Crippen LogP contribution in [0.5, 0.6) is 11.5 Å². The van der Waals surface area contributed by atoms with Crippen LogP contribution in [0.25, 0.3) is 0 Å². The molecule has 7 heteroatoms. The molecule has 1 aromatic carbocycles. The van der Waals surface area contributed by atoms with Gasteiger partial charge in [-0.3, -0.25) is 14.9 Å². The molecule has 1 atom stereocenters. The van der Waals surface area contributed by atoms with Gasteiger partial charge in [0.05, 0.1) is 17.6 Å².